The zero-order valence-electron chi connectivity index (χ0n) is 13.5. The van der Waals surface area contributed by atoms with Gasteiger partial charge >= 0.3 is 0 Å². The highest BCUT2D eigenvalue weighted by Gasteiger charge is 2.25. The van der Waals surface area contributed by atoms with E-state index in [0.717, 1.165) is 31.6 Å². The van der Waals surface area contributed by atoms with Crippen molar-refractivity contribution < 1.29 is 4.79 Å². The predicted molar refractivity (Wildman–Crippen MR) is 92.2 cm³/mol. The molecule has 22 heavy (non-hydrogen) atoms. The van der Waals surface area contributed by atoms with Crippen LogP contribution in [0.15, 0.2) is 42.5 Å². The zero-order valence-corrected chi connectivity index (χ0v) is 13.5. The summed E-state index contributed by atoms with van der Waals surface area (Å²) in [5.41, 5.74) is 1.09. The van der Waals surface area contributed by atoms with Crippen molar-refractivity contribution in [3.05, 3.63) is 42.5 Å². The Labute approximate surface area is 132 Å². The molecule has 1 fully saturated rings. The Bertz CT molecular complexity index is 661. The van der Waals surface area contributed by atoms with E-state index in [-0.39, 0.29) is 11.9 Å². The second-order valence-electron chi connectivity index (χ2n) is 6.20. The zero-order chi connectivity index (χ0) is 15.5. The summed E-state index contributed by atoms with van der Waals surface area (Å²) in [6, 6.07) is 14.6. The summed E-state index contributed by atoms with van der Waals surface area (Å²) in [6.45, 7) is 3.83. The molecule has 0 N–H and O–H groups in total. The Balaban J connectivity index is 1.78. The van der Waals surface area contributed by atoms with Crippen LogP contribution in [0.25, 0.3) is 10.8 Å². The van der Waals surface area contributed by atoms with Gasteiger partial charge in [-0.1, -0.05) is 30.3 Å². The maximum atomic E-state index is 12.7. The fraction of sp³-hybridized carbons (Fsp3) is 0.421. The van der Waals surface area contributed by atoms with Crippen molar-refractivity contribution in [1.29, 1.82) is 0 Å². The number of likely N-dealkylation sites (N-methyl/N-ethyl adjacent to an activating group) is 1. The van der Waals surface area contributed by atoms with E-state index in [9.17, 15) is 4.79 Å². The molecule has 0 aliphatic carbocycles. The average Bonchev–Trinajstić information content (AvgIpc) is 2.60. The number of amides is 1. The first-order valence-corrected chi connectivity index (χ1v) is 8.17. The molecule has 0 aromatic heterocycles. The lowest BCUT2D eigenvalue weighted by Gasteiger charge is -2.33. The summed E-state index contributed by atoms with van der Waals surface area (Å²) in [5, 5.41) is 2.44. The van der Waals surface area contributed by atoms with Crippen LogP contribution in [0.3, 0.4) is 0 Å². The van der Waals surface area contributed by atoms with Crippen molar-refractivity contribution in [2.45, 2.75) is 32.2 Å². The molecule has 1 atom stereocenters. The monoisotopic (exact) mass is 296 g/mol. The Morgan fingerprint density at radius 1 is 1.05 bits per heavy atom. The number of anilines is 1. The topological polar surface area (TPSA) is 23.6 Å². The predicted octanol–water partition coefficient (Wildman–Crippen LogP) is 3.68. The summed E-state index contributed by atoms with van der Waals surface area (Å²) in [5.74, 6) is 0.246. The molecule has 0 spiro atoms. The first-order valence-electron chi connectivity index (χ1n) is 8.17. The SMILES string of the molecule is CC(C(=O)N1CCCCC1)N(C)c1ccc2ccccc2c1. The molecule has 116 valence electrons. The molecule has 1 heterocycles. The summed E-state index contributed by atoms with van der Waals surface area (Å²) in [6.07, 6.45) is 3.52. The second kappa shape index (κ2) is 6.39. The molecular formula is C19H24N2O. The third-order valence-corrected chi connectivity index (χ3v) is 4.75. The number of likely N-dealkylation sites (tertiary alicyclic amines) is 1. The van der Waals surface area contributed by atoms with E-state index in [1.54, 1.807) is 0 Å². The minimum absolute atomic E-state index is 0.126. The highest BCUT2D eigenvalue weighted by Crippen LogP contribution is 2.23. The maximum absolute atomic E-state index is 12.7. The van der Waals surface area contributed by atoms with Crippen LogP contribution in [0.1, 0.15) is 26.2 Å². The molecule has 3 heteroatoms. The van der Waals surface area contributed by atoms with Gasteiger partial charge < -0.3 is 9.80 Å². The number of fused-ring (bicyclic) bond motifs is 1. The molecule has 3 rings (SSSR count). The van der Waals surface area contributed by atoms with Crippen molar-refractivity contribution in [1.82, 2.24) is 4.90 Å². The summed E-state index contributed by atoms with van der Waals surface area (Å²) in [7, 11) is 2.01. The standard InChI is InChI=1S/C19H24N2O/c1-15(19(22)21-12-6-3-7-13-21)20(2)18-11-10-16-8-4-5-9-17(16)14-18/h4-5,8-11,14-15H,3,6-7,12-13H2,1-2H3. The molecule has 0 radical (unpaired) electrons. The van der Waals surface area contributed by atoms with Gasteiger partial charge in [-0.2, -0.15) is 0 Å². The summed E-state index contributed by atoms with van der Waals surface area (Å²) in [4.78, 5) is 16.8. The number of hydrogen-bond donors (Lipinski definition) is 0. The Kier molecular flexibility index (Phi) is 4.32. The molecule has 2 aromatic carbocycles. The lowest BCUT2D eigenvalue weighted by molar-refractivity contribution is -0.133. The van der Waals surface area contributed by atoms with Gasteiger partial charge in [-0.15, -0.1) is 0 Å². The van der Waals surface area contributed by atoms with Gasteiger partial charge in [-0.05, 0) is 49.1 Å². The molecular weight excluding hydrogens is 272 g/mol. The number of carbonyl (C=O) groups is 1. The first kappa shape index (κ1) is 14.9. The molecule has 1 saturated heterocycles. The molecule has 1 amide bonds. The van der Waals surface area contributed by atoms with Gasteiger partial charge in [0.2, 0.25) is 5.91 Å². The number of hydrogen-bond acceptors (Lipinski definition) is 2. The molecule has 0 bridgehead atoms. The van der Waals surface area contributed by atoms with Crippen molar-refractivity contribution >= 4 is 22.4 Å². The Morgan fingerprint density at radius 3 is 2.45 bits per heavy atom. The highest BCUT2D eigenvalue weighted by molar-refractivity contribution is 5.88. The number of carbonyl (C=O) groups excluding carboxylic acids is 1. The van der Waals surface area contributed by atoms with Gasteiger partial charge in [-0.25, -0.2) is 0 Å². The van der Waals surface area contributed by atoms with Crippen LogP contribution in [0.2, 0.25) is 0 Å². The second-order valence-corrected chi connectivity index (χ2v) is 6.20. The van der Waals surface area contributed by atoms with E-state index < -0.39 is 0 Å². The number of piperidine rings is 1. The van der Waals surface area contributed by atoms with Crippen molar-refractivity contribution in [3.8, 4) is 0 Å². The fourth-order valence-electron chi connectivity index (χ4n) is 3.16. The van der Waals surface area contributed by atoms with Gasteiger partial charge in [-0.3, -0.25) is 4.79 Å². The summed E-state index contributed by atoms with van der Waals surface area (Å²) >= 11 is 0. The van der Waals surface area contributed by atoms with Gasteiger partial charge in [0, 0.05) is 25.8 Å². The quantitative estimate of drug-likeness (QED) is 0.862. The smallest absolute Gasteiger partial charge is 0.244 e. The number of benzene rings is 2. The molecule has 1 unspecified atom stereocenters. The maximum Gasteiger partial charge on any atom is 0.244 e. The van der Waals surface area contributed by atoms with Crippen LogP contribution in [0.5, 0.6) is 0 Å². The molecule has 0 saturated carbocycles. The van der Waals surface area contributed by atoms with E-state index in [4.69, 9.17) is 0 Å². The van der Waals surface area contributed by atoms with Crippen LogP contribution in [-0.4, -0.2) is 37.0 Å². The highest BCUT2D eigenvalue weighted by atomic mass is 16.2. The van der Waals surface area contributed by atoms with Crippen LogP contribution >= 0.6 is 0 Å². The largest absolute Gasteiger partial charge is 0.363 e. The molecule has 1 aliphatic rings. The van der Waals surface area contributed by atoms with Gasteiger partial charge in [0.1, 0.15) is 6.04 Å². The van der Waals surface area contributed by atoms with Gasteiger partial charge in [0.15, 0.2) is 0 Å². The van der Waals surface area contributed by atoms with Gasteiger partial charge in [0.25, 0.3) is 0 Å². The molecule has 3 nitrogen and oxygen atoms in total. The lowest BCUT2D eigenvalue weighted by Crippen LogP contribution is -2.47. The van der Waals surface area contributed by atoms with Crippen LogP contribution in [0.4, 0.5) is 5.69 Å². The van der Waals surface area contributed by atoms with E-state index in [1.165, 1.54) is 17.2 Å². The minimum atomic E-state index is -0.126. The van der Waals surface area contributed by atoms with E-state index in [2.05, 4.69) is 41.3 Å². The summed E-state index contributed by atoms with van der Waals surface area (Å²) < 4.78 is 0. The van der Waals surface area contributed by atoms with Crippen LogP contribution < -0.4 is 4.90 Å². The van der Waals surface area contributed by atoms with Crippen molar-refractivity contribution in [2.24, 2.45) is 0 Å². The first-order chi connectivity index (χ1) is 10.7. The number of nitrogens with zero attached hydrogens (tertiary/aromatic N) is 2. The minimum Gasteiger partial charge on any atom is -0.363 e. The van der Waals surface area contributed by atoms with E-state index in [0.29, 0.717) is 0 Å². The van der Waals surface area contributed by atoms with E-state index >= 15 is 0 Å². The van der Waals surface area contributed by atoms with Crippen molar-refractivity contribution in [3.63, 3.8) is 0 Å². The molecule has 1 aliphatic heterocycles. The third-order valence-electron chi connectivity index (χ3n) is 4.75. The normalized spacial score (nSPS) is 16.5. The van der Waals surface area contributed by atoms with Crippen LogP contribution in [0, 0.1) is 0 Å². The average molecular weight is 296 g/mol. The Morgan fingerprint density at radius 2 is 1.73 bits per heavy atom. The number of rotatable bonds is 3. The van der Waals surface area contributed by atoms with Crippen LogP contribution in [-0.2, 0) is 4.79 Å². The third kappa shape index (κ3) is 2.94. The van der Waals surface area contributed by atoms with Gasteiger partial charge in [0.05, 0.1) is 0 Å². The lowest BCUT2D eigenvalue weighted by atomic mass is 10.1. The fourth-order valence-corrected chi connectivity index (χ4v) is 3.16. The van der Waals surface area contributed by atoms with Crippen molar-refractivity contribution in [2.75, 3.05) is 25.0 Å². The Hall–Kier alpha value is -2.03. The van der Waals surface area contributed by atoms with E-state index in [1.807, 2.05) is 24.9 Å². The molecule has 2 aromatic rings.